The molecule has 122 valence electrons. The second kappa shape index (κ2) is 5.50. The Morgan fingerprint density at radius 2 is 2.00 bits per heavy atom. The second-order valence-electron chi connectivity index (χ2n) is 7.54. The van der Waals surface area contributed by atoms with Crippen molar-refractivity contribution in [3.63, 3.8) is 0 Å². The number of aliphatic hydroxyl groups excluding tert-OH is 1. The number of nitrogens with one attached hydrogen (secondary N) is 1. The minimum absolute atomic E-state index is 0.229. The van der Waals surface area contributed by atoms with Gasteiger partial charge in [0.1, 0.15) is 18.2 Å². The summed E-state index contributed by atoms with van der Waals surface area (Å²) < 4.78 is 17.7. The fourth-order valence-corrected chi connectivity index (χ4v) is 2.97. The fourth-order valence-electron chi connectivity index (χ4n) is 2.97. The van der Waals surface area contributed by atoms with Crippen LogP contribution in [0.15, 0.2) is 0 Å². The van der Waals surface area contributed by atoms with Gasteiger partial charge in [0.15, 0.2) is 6.29 Å². The van der Waals surface area contributed by atoms with Crippen LogP contribution in [0.5, 0.6) is 0 Å². The highest BCUT2D eigenvalue weighted by molar-refractivity contribution is 5.73. The van der Waals surface area contributed by atoms with E-state index < -0.39 is 30.1 Å². The number of carbonyl (C=O) groups is 1. The molecule has 0 aromatic carbocycles. The molecule has 2 aliphatic rings. The van der Waals surface area contributed by atoms with E-state index in [0.717, 1.165) is 0 Å². The van der Waals surface area contributed by atoms with Crippen LogP contribution in [0.4, 0.5) is 0 Å². The first-order valence-corrected chi connectivity index (χ1v) is 7.45. The summed E-state index contributed by atoms with van der Waals surface area (Å²) in [6, 6.07) is -0.642. The van der Waals surface area contributed by atoms with Crippen molar-refractivity contribution in [1.29, 1.82) is 0 Å². The van der Waals surface area contributed by atoms with Gasteiger partial charge < -0.3 is 24.6 Å². The molecule has 2 saturated heterocycles. The van der Waals surface area contributed by atoms with Gasteiger partial charge in [-0.3, -0.25) is 4.79 Å². The summed E-state index contributed by atoms with van der Waals surface area (Å²) in [5.74, 6) is -0.235. The fraction of sp³-hybridized carbons (Fsp3) is 0.933. The van der Waals surface area contributed by atoms with Crippen LogP contribution in [0.2, 0.25) is 0 Å². The molecular formula is C15H27NO5. The molecule has 1 amide bonds. The van der Waals surface area contributed by atoms with E-state index in [2.05, 4.69) is 5.32 Å². The summed E-state index contributed by atoms with van der Waals surface area (Å²) in [6.45, 7) is 11.1. The molecule has 2 aliphatic heterocycles. The normalized spacial score (nSPS) is 38.9. The number of hydrogen-bond acceptors (Lipinski definition) is 5. The number of amides is 1. The van der Waals surface area contributed by atoms with Gasteiger partial charge in [0.2, 0.25) is 5.91 Å². The predicted octanol–water partition coefficient (Wildman–Crippen LogP) is 0.959. The number of fused-ring (bicyclic) bond motifs is 1. The number of carbonyl (C=O) groups excluding carboxylic acids is 1. The van der Waals surface area contributed by atoms with Crippen molar-refractivity contribution >= 4 is 5.91 Å². The van der Waals surface area contributed by atoms with E-state index in [9.17, 15) is 9.90 Å². The van der Waals surface area contributed by atoms with Crippen LogP contribution in [0.3, 0.4) is 0 Å². The molecule has 6 heteroatoms. The van der Waals surface area contributed by atoms with E-state index in [1.54, 1.807) is 0 Å². The zero-order chi connectivity index (χ0) is 16.0. The van der Waals surface area contributed by atoms with Crippen LogP contribution in [-0.4, -0.2) is 52.9 Å². The van der Waals surface area contributed by atoms with Gasteiger partial charge in [0.05, 0.1) is 17.3 Å². The van der Waals surface area contributed by atoms with Crippen molar-refractivity contribution in [1.82, 2.24) is 5.32 Å². The van der Waals surface area contributed by atoms with Gasteiger partial charge in [-0.25, -0.2) is 0 Å². The maximum absolute atomic E-state index is 11.4. The predicted molar refractivity (Wildman–Crippen MR) is 76.7 cm³/mol. The van der Waals surface area contributed by atoms with E-state index in [1.807, 2.05) is 34.6 Å². The third kappa shape index (κ3) is 3.94. The molecule has 6 nitrogen and oxygen atoms in total. The van der Waals surface area contributed by atoms with E-state index in [4.69, 9.17) is 14.2 Å². The summed E-state index contributed by atoms with van der Waals surface area (Å²) >= 11 is 0. The summed E-state index contributed by atoms with van der Waals surface area (Å²) in [7, 11) is 0. The standard InChI is InChI=1S/C15H27NO5/c1-8(17)16-10-11(18)12-9(7-15(5,6)20-12)19-13(10)21-14(2,3)4/h9-13,18H,7H2,1-6H3,(H,16,17). The monoisotopic (exact) mass is 301 g/mol. The molecule has 0 aliphatic carbocycles. The van der Waals surface area contributed by atoms with Gasteiger partial charge in [0, 0.05) is 13.3 Å². The molecule has 2 N–H and O–H groups in total. The van der Waals surface area contributed by atoms with E-state index in [0.29, 0.717) is 6.42 Å². The quantitative estimate of drug-likeness (QED) is 0.794. The molecule has 0 bridgehead atoms. The molecule has 5 atom stereocenters. The average molecular weight is 301 g/mol. The molecule has 0 radical (unpaired) electrons. The maximum atomic E-state index is 11.4. The van der Waals surface area contributed by atoms with E-state index >= 15 is 0 Å². The largest absolute Gasteiger partial charge is 0.388 e. The maximum Gasteiger partial charge on any atom is 0.217 e. The van der Waals surface area contributed by atoms with Crippen LogP contribution in [0, 0.1) is 0 Å². The smallest absolute Gasteiger partial charge is 0.217 e. The minimum Gasteiger partial charge on any atom is -0.388 e. The lowest BCUT2D eigenvalue weighted by Crippen LogP contribution is -2.63. The average Bonchev–Trinajstić information content (AvgIpc) is 2.56. The Bertz CT molecular complexity index is 403. The number of aliphatic hydroxyl groups is 1. The van der Waals surface area contributed by atoms with Crippen LogP contribution in [0.25, 0.3) is 0 Å². The number of hydrogen-bond donors (Lipinski definition) is 2. The van der Waals surface area contributed by atoms with Crippen LogP contribution < -0.4 is 5.32 Å². The third-order valence-electron chi connectivity index (χ3n) is 3.66. The first kappa shape index (κ1) is 16.7. The molecular weight excluding hydrogens is 274 g/mol. The first-order valence-electron chi connectivity index (χ1n) is 7.45. The van der Waals surface area contributed by atoms with Gasteiger partial charge in [-0.15, -0.1) is 0 Å². The molecule has 2 fully saturated rings. The highest BCUT2D eigenvalue weighted by atomic mass is 16.7. The van der Waals surface area contributed by atoms with Crippen molar-refractivity contribution in [3.8, 4) is 0 Å². The van der Waals surface area contributed by atoms with Crippen molar-refractivity contribution in [2.45, 2.75) is 89.8 Å². The Kier molecular flexibility index (Phi) is 4.37. The molecule has 0 aromatic rings. The molecule has 5 unspecified atom stereocenters. The topological polar surface area (TPSA) is 77.0 Å². The Balaban J connectivity index is 2.20. The summed E-state index contributed by atoms with van der Waals surface area (Å²) in [5.41, 5.74) is -0.795. The van der Waals surface area contributed by atoms with Crippen molar-refractivity contribution < 1.29 is 24.1 Å². The van der Waals surface area contributed by atoms with Crippen molar-refractivity contribution in [3.05, 3.63) is 0 Å². The highest BCUT2D eigenvalue weighted by Crippen LogP contribution is 2.39. The third-order valence-corrected chi connectivity index (χ3v) is 3.66. The number of rotatable bonds is 2. The van der Waals surface area contributed by atoms with Gasteiger partial charge in [-0.2, -0.15) is 0 Å². The van der Waals surface area contributed by atoms with Crippen LogP contribution in [-0.2, 0) is 19.0 Å². The van der Waals surface area contributed by atoms with E-state index in [1.165, 1.54) is 6.92 Å². The number of ether oxygens (including phenoxy) is 3. The van der Waals surface area contributed by atoms with Crippen molar-refractivity contribution in [2.24, 2.45) is 0 Å². The first-order chi connectivity index (χ1) is 9.48. The van der Waals surface area contributed by atoms with Gasteiger partial charge in [-0.05, 0) is 34.6 Å². The molecule has 0 saturated carbocycles. The minimum atomic E-state index is -0.859. The summed E-state index contributed by atoms with van der Waals surface area (Å²) in [4.78, 5) is 11.4. The Morgan fingerprint density at radius 3 is 2.52 bits per heavy atom. The molecule has 21 heavy (non-hydrogen) atoms. The summed E-state index contributed by atoms with van der Waals surface area (Å²) in [6.07, 6.45) is -1.54. The summed E-state index contributed by atoms with van der Waals surface area (Å²) in [5, 5.41) is 13.3. The van der Waals surface area contributed by atoms with Crippen LogP contribution >= 0.6 is 0 Å². The van der Waals surface area contributed by atoms with Gasteiger partial charge in [-0.1, -0.05) is 0 Å². The second-order valence-corrected chi connectivity index (χ2v) is 7.54. The Labute approximate surface area is 126 Å². The molecule has 2 rings (SSSR count). The zero-order valence-corrected chi connectivity index (χ0v) is 13.7. The lowest BCUT2D eigenvalue weighted by atomic mass is 9.94. The lowest BCUT2D eigenvalue weighted by molar-refractivity contribution is -0.280. The molecule has 0 spiro atoms. The van der Waals surface area contributed by atoms with E-state index in [-0.39, 0.29) is 17.6 Å². The van der Waals surface area contributed by atoms with Crippen molar-refractivity contribution in [2.75, 3.05) is 0 Å². The van der Waals surface area contributed by atoms with Crippen LogP contribution in [0.1, 0.15) is 48.0 Å². The van der Waals surface area contributed by atoms with Gasteiger partial charge >= 0.3 is 0 Å². The lowest BCUT2D eigenvalue weighted by Gasteiger charge is -2.43. The SMILES string of the molecule is CC(=O)NC1C(OC(C)(C)C)OC2CC(C)(C)OC2C1O. The highest BCUT2D eigenvalue weighted by Gasteiger charge is 2.54. The Hall–Kier alpha value is -0.690. The zero-order valence-electron chi connectivity index (χ0n) is 13.7. The van der Waals surface area contributed by atoms with Gasteiger partial charge in [0.25, 0.3) is 0 Å². The molecule has 0 aromatic heterocycles. The molecule has 2 heterocycles. The Morgan fingerprint density at radius 1 is 1.38 bits per heavy atom.